The first-order valence-corrected chi connectivity index (χ1v) is 9.02. The molecule has 1 aliphatic heterocycles. The van der Waals surface area contributed by atoms with E-state index < -0.39 is 0 Å². The molecule has 0 aliphatic carbocycles. The van der Waals surface area contributed by atoms with E-state index in [1.165, 1.54) is 11.1 Å². The smallest absolute Gasteiger partial charge is 0.230 e. The lowest BCUT2D eigenvalue weighted by Gasteiger charge is -2.26. The largest absolute Gasteiger partial charge is 0.493 e. The molecule has 0 aromatic heterocycles. The van der Waals surface area contributed by atoms with Gasteiger partial charge < -0.3 is 10.1 Å². The molecule has 0 spiro atoms. The number of carbonyl (C=O) groups is 1. The summed E-state index contributed by atoms with van der Waals surface area (Å²) in [7, 11) is 0. The number of nitrogens with one attached hydrogen (secondary N) is 1. The predicted octanol–water partition coefficient (Wildman–Crippen LogP) is 3.87. The van der Waals surface area contributed by atoms with E-state index in [4.69, 9.17) is 4.74 Å². The molecule has 1 atom stereocenters. The summed E-state index contributed by atoms with van der Waals surface area (Å²) in [6.07, 6.45) is 0.825. The van der Waals surface area contributed by atoms with Gasteiger partial charge in [0.05, 0.1) is 18.4 Å². The zero-order valence-corrected chi connectivity index (χ0v) is 14.1. The topological polar surface area (TPSA) is 38.3 Å². The van der Waals surface area contributed by atoms with Gasteiger partial charge in [-0.05, 0) is 18.6 Å². The van der Waals surface area contributed by atoms with Crippen LogP contribution in [0.5, 0.6) is 5.75 Å². The Morgan fingerprint density at radius 1 is 1.22 bits per heavy atom. The molecule has 2 aromatic rings. The van der Waals surface area contributed by atoms with E-state index in [-0.39, 0.29) is 11.9 Å². The van der Waals surface area contributed by atoms with Gasteiger partial charge in [0.1, 0.15) is 5.75 Å². The fraction of sp³-hybridized carbons (Fsp3) is 0.316. The fourth-order valence-electron chi connectivity index (χ4n) is 2.67. The lowest BCUT2D eigenvalue weighted by atomic mass is 10.0. The van der Waals surface area contributed by atoms with Crippen LogP contribution in [0.4, 0.5) is 0 Å². The molecule has 1 aliphatic rings. The van der Waals surface area contributed by atoms with Crippen LogP contribution in [0.25, 0.3) is 0 Å². The monoisotopic (exact) mass is 327 g/mol. The van der Waals surface area contributed by atoms with Crippen LogP contribution in [-0.2, 0) is 10.5 Å². The Kier molecular flexibility index (Phi) is 5.23. The Labute approximate surface area is 141 Å². The molecule has 0 bridgehead atoms. The molecule has 1 heterocycles. The Hall–Kier alpha value is -1.94. The lowest BCUT2D eigenvalue weighted by Crippen LogP contribution is -2.33. The van der Waals surface area contributed by atoms with Crippen LogP contribution in [0.3, 0.4) is 0 Å². The highest BCUT2D eigenvalue weighted by Crippen LogP contribution is 2.31. The second-order valence-electron chi connectivity index (χ2n) is 5.77. The first-order valence-electron chi connectivity index (χ1n) is 7.87. The third-order valence-electron chi connectivity index (χ3n) is 3.92. The predicted molar refractivity (Wildman–Crippen MR) is 94.8 cm³/mol. The minimum absolute atomic E-state index is 0.0624. The second-order valence-corrected chi connectivity index (χ2v) is 6.76. The SMILES string of the molecule is Cc1ccc(CSCC(=O)N[C@@H]2CCOc3ccccc32)cc1. The average molecular weight is 327 g/mol. The van der Waals surface area contributed by atoms with Crippen molar-refractivity contribution in [2.45, 2.75) is 25.1 Å². The van der Waals surface area contributed by atoms with Crippen molar-refractivity contribution in [3.05, 3.63) is 65.2 Å². The van der Waals surface area contributed by atoms with Crippen LogP contribution >= 0.6 is 11.8 Å². The number of hydrogen-bond donors (Lipinski definition) is 1. The minimum Gasteiger partial charge on any atom is -0.493 e. The fourth-order valence-corrected chi connectivity index (χ4v) is 3.47. The van der Waals surface area contributed by atoms with Gasteiger partial charge in [0, 0.05) is 17.7 Å². The highest BCUT2D eigenvalue weighted by Gasteiger charge is 2.22. The normalized spacial score (nSPS) is 16.3. The van der Waals surface area contributed by atoms with Crippen molar-refractivity contribution in [2.75, 3.05) is 12.4 Å². The summed E-state index contributed by atoms with van der Waals surface area (Å²) in [5, 5.41) is 3.13. The van der Waals surface area contributed by atoms with E-state index in [9.17, 15) is 4.79 Å². The van der Waals surface area contributed by atoms with Crippen LogP contribution in [0.1, 0.15) is 29.2 Å². The van der Waals surface area contributed by atoms with Gasteiger partial charge >= 0.3 is 0 Å². The highest BCUT2D eigenvalue weighted by atomic mass is 32.2. The first kappa shape index (κ1) is 15.9. The van der Waals surface area contributed by atoms with Gasteiger partial charge in [0.15, 0.2) is 0 Å². The number of fused-ring (bicyclic) bond motifs is 1. The van der Waals surface area contributed by atoms with Gasteiger partial charge in [-0.3, -0.25) is 4.79 Å². The molecule has 120 valence electrons. The van der Waals surface area contributed by atoms with Crippen molar-refractivity contribution < 1.29 is 9.53 Å². The molecule has 0 radical (unpaired) electrons. The lowest BCUT2D eigenvalue weighted by molar-refractivity contribution is -0.119. The Morgan fingerprint density at radius 2 is 2.00 bits per heavy atom. The van der Waals surface area contributed by atoms with Gasteiger partial charge in [-0.25, -0.2) is 0 Å². The maximum absolute atomic E-state index is 12.2. The summed E-state index contributed by atoms with van der Waals surface area (Å²) in [5.41, 5.74) is 3.59. The summed E-state index contributed by atoms with van der Waals surface area (Å²) in [4.78, 5) is 12.2. The van der Waals surface area contributed by atoms with Gasteiger partial charge in [0.25, 0.3) is 0 Å². The number of benzene rings is 2. The molecule has 0 saturated carbocycles. The van der Waals surface area contributed by atoms with Crippen LogP contribution in [0, 0.1) is 6.92 Å². The van der Waals surface area contributed by atoms with Crippen molar-refractivity contribution in [3.63, 3.8) is 0 Å². The van der Waals surface area contributed by atoms with E-state index >= 15 is 0 Å². The maximum atomic E-state index is 12.2. The number of thioether (sulfide) groups is 1. The third-order valence-corrected chi connectivity index (χ3v) is 4.92. The average Bonchev–Trinajstić information content (AvgIpc) is 2.57. The van der Waals surface area contributed by atoms with Gasteiger partial charge in [-0.2, -0.15) is 0 Å². The maximum Gasteiger partial charge on any atom is 0.230 e. The number of aryl methyl sites for hydroxylation is 1. The molecule has 0 saturated heterocycles. The molecule has 3 rings (SSSR count). The molecular weight excluding hydrogens is 306 g/mol. The minimum atomic E-state index is 0.0624. The Balaban J connectivity index is 1.49. The zero-order valence-electron chi connectivity index (χ0n) is 13.2. The van der Waals surface area contributed by atoms with Gasteiger partial charge in [-0.15, -0.1) is 11.8 Å². The van der Waals surface area contributed by atoms with E-state index in [0.717, 1.165) is 23.5 Å². The number of hydrogen-bond acceptors (Lipinski definition) is 3. The molecule has 1 N–H and O–H groups in total. The highest BCUT2D eigenvalue weighted by molar-refractivity contribution is 7.99. The van der Waals surface area contributed by atoms with Crippen LogP contribution in [0.2, 0.25) is 0 Å². The Bertz CT molecular complexity index is 669. The summed E-state index contributed by atoms with van der Waals surface area (Å²) in [6, 6.07) is 16.4. The summed E-state index contributed by atoms with van der Waals surface area (Å²) >= 11 is 1.65. The third kappa shape index (κ3) is 4.29. The quantitative estimate of drug-likeness (QED) is 0.906. The number of carbonyl (C=O) groups excluding carboxylic acids is 1. The summed E-state index contributed by atoms with van der Waals surface area (Å²) < 4.78 is 5.63. The molecule has 0 fully saturated rings. The zero-order chi connectivity index (χ0) is 16.1. The van der Waals surface area contributed by atoms with Crippen LogP contribution in [-0.4, -0.2) is 18.3 Å². The van der Waals surface area contributed by atoms with E-state index in [1.54, 1.807) is 11.8 Å². The van der Waals surface area contributed by atoms with Crippen molar-refractivity contribution >= 4 is 17.7 Å². The number of ether oxygens (including phenoxy) is 1. The van der Waals surface area contributed by atoms with Crippen molar-refractivity contribution in [1.29, 1.82) is 0 Å². The molecule has 3 nitrogen and oxygen atoms in total. The summed E-state index contributed by atoms with van der Waals surface area (Å²) in [6.45, 7) is 2.73. The standard InChI is InChI=1S/C19H21NO2S/c1-14-6-8-15(9-7-14)12-23-13-19(21)20-17-10-11-22-18-5-3-2-4-16(17)18/h2-9,17H,10-13H2,1H3,(H,20,21)/t17-/m1/s1. The Morgan fingerprint density at radius 3 is 2.83 bits per heavy atom. The molecule has 0 unspecified atom stereocenters. The number of rotatable bonds is 5. The van der Waals surface area contributed by atoms with Crippen molar-refractivity contribution in [1.82, 2.24) is 5.32 Å². The molecule has 23 heavy (non-hydrogen) atoms. The number of amides is 1. The second kappa shape index (κ2) is 7.55. The first-order chi connectivity index (χ1) is 11.2. The summed E-state index contributed by atoms with van der Waals surface area (Å²) in [5.74, 6) is 2.31. The van der Waals surface area contributed by atoms with Crippen LogP contribution < -0.4 is 10.1 Å². The van der Waals surface area contributed by atoms with E-state index in [2.05, 4.69) is 36.5 Å². The van der Waals surface area contributed by atoms with Crippen molar-refractivity contribution in [3.8, 4) is 5.75 Å². The molecule has 2 aromatic carbocycles. The molecule has 1 amide bonds. The van der Waals surface area contributed by atoms with Gasteiger partial charge in [0.2, 0.25) is 5.91 Å². The van der Waals surface area contributed by atoms with Crippen LogP contribution in [0.15, 0.2) is 48.5 Å². The number of para-hydroxylation sites is 1. The van der Waals surface area contributed by atoms with Crippen molar-refractivity contribution in [2.24, 2.45) is 0 Å². The molecular formula is C19H21NO2S. The van der Waals surface area contributed by atoms with E-state index in [1.807, 2.05) is 24.3 Å². The van der Waals surface area contributed by atoms with Gasteiger partial charge in [-0.1, -0.05) is 48.0 Å². The molecule has 4 heteroatoms. The van der Waals surface area contributed by atoms with E-state index in [0.29, 0.717) is 12.4 Å².